The molecular weight excluding hydrogens is 721 g/mol. The Hall–Kier alpha value is -0.260. The van der Waals surface area contributed by atoms with Gasteiger partial charge in [0.1, 0.15) is 0 Å². The topological polar surface area (TPSA) is 0 Å². The second-order valence-electron chi connectivity index (χ2n) is 25.1. The predicted octanol–water partition coefficient (Wildman–Crippen LogP) is 18.7. The van der Waals surface area contributed by atoms with E-state index in [9.17, 15) is 0 Å². The van der Waals surface area contributed by atoms with Crippen LogP contribution >= 0.6 is 0 Å². The first-order valence-electron chi connectivity index (χ1n) is 29.1. The largest absolute Gasteiger partial charge is 0.0885 e. The van der Waals surface area contributed by atoms with E-state index in [0.717, 1.165) is 112 Å². The van der Waals surface area contributed by atoms with Crippen molar-refractivity contribution in [2.45, 2.75) is 253 Å². The summed E-state index contributed by atoms with van der Waals surface area (Å²) in [5.41, 5.74) is 0. The number of unbranched alkanes of at least 4 members (excludes halogenated alkanes) is 2. The first kappa shape index (κ1) is 46.3. The summed E-state index contributed by atoms with van der Waals surface area (Å²) in [6.45, 7) is 12.8. The van der Waals surface area contributed by atoms with Crippen LogP contribution in [0.4, 0.5) is 0 Å². The van der Waals surface area contributed by atoms with Crippen LogP contribution in [0.5, 0.6) is 0 Å². The van der Waals surface area contributed by atoms with Crippen LogP contribution in [0.1, 0.15) is 253 Å². The van der Waals surface area contributed by atoms with E-state index < -0.39 is 0 Å². The fourth-order valence-corrected chi connectivity index (χ4v) is 19.2. The van der Waals surface area contributed by atoms with Crippen LogP contribution in [0.3, 0.4) is 0 Å². The summed E-state index contributed by atoms with van der Waals surface area (Å²) in [6.07, 6.45) is 57.5. The maximum Gasteiger partial charge on any atom is -0.0319 e. The van der Waals surface area contributed by atoms with E-state index in [0.29, 0.717) is 0 Å². The van der Waals surface area contributed by atoms with Crippen LogP contribution < -0.4 is 0 Å². The molecule has 0 bridgehead atoms. The highest BCUT2D eigenvalue weighted by Gasteiger charge is 2.57. The van der Waals surface area contributed by atoms with Crippen LogP contribution in [0.25, 0.3) is 0 Å². The Balaban J connectivity index is 0.000000493. The van der Waals surface area contributed by atoms with E-state index >= 15 is 0 Å². The van der Waals surface area contributed by atoms with Crippen molar-refractivity contribution in [3.63, 3.8) is 0 Å². The van der Waals surface area contributed by atoms with Gasteiger partial charge in [-0.3, -0.25) is 0 Å². The Morgan fingerprint density at radius 1 is 0.383 bits per heavy atom. The molecular formula is C60H104. The molecule has 60 heavy (non-hydrogen) atoms. The third-order valence-corrected chi connectivity index (χ3v) is 22.1. The Bertz CT molecular complexity index is 1240. The van der Waals surface area contributed by atoms with Gasteiger partial charge in [-0.05, 0) is 189 Å². The van der Waals surface area contributed by atoms with Gasteiger partial charge in [0.05, 0.1) is 0 Å². The van der Waals surface area contributed by atoms with Crippen molar-refractivity contribution < 1.29 is 0 Å². The van der Waals surface area contributed by atoms with Gasteiger partial charge in [0.2, 0.25) is 0 Å². The molecule has 9 aliphatic carbocycles. The lowest BCUT2D eigenvalue weighted by molar-refractivity contribution is -0.126. The summed E-state index contributed by atoms with van der Waals surface area (Å²) in [4.78, 5) is 0. The zero-order chi connectivity index (χ0) is 41.4. The molecule has 344 valence electrons. The lowest BCUT2D eigenvalue weighted by Crippen LogP contribution is -2.55. The summed E-state index contributed by atoms with van der Waals surface area (Å²) in [5, 5.41) is 0. The molecule has 0 heterocycles. The average Bonchev–Trinajstić information content (AvgIpc) is 3.81. The molecule has 8 fully saturated rings. The summed E-state index contributed by atoms with van der Waals surface area (Å²) in [6, 6.07) is 0. The van der Waals surface area contributed by atoms with Crippen LogP contribution in [0.2, 0.25) is 0 Å². The third-order valence-electron chi connectivity index (χ3n) is 22.1. The molecule has 9 rings (SSSR count). The molecule has 0 saturated heterocycles. The second-order valence-corrected chi connectivity index (χ2v) is 25.1. The van der Waals surface area contributed by atoms with E-state index in [1.807, 2.05) is 0 Å². The molecule has 8 saturated carbocycles. The first-order valence-corrected chi connectivity index (χ1v) is 29.1. The molecule has 0 spiro atoms. The number of allylic oxidation sites excluding steroid dienone is 2. The van der Waals surface area contributed by atoms with Crippen LogP contribution in [-0.4, -0.2) is 0 Å². The molecule has 9 aliphatic rings. The molecule has 15 unspecified atom stereocenters. The smallest absolute Gasteiger partial charge is 0.0319 e. The summed E-state index contributed by atoms with van der Waals surface area (Å²) in [5.74, 6) is 20.0. The molecule has 0 amide bonds. The zero-order valence-corrected chi connectivity index (χ0v) is 41.2. The molecule has 0 heteroatoms. The van der Waals surface area contributed by atoms with Crippen molar-refractivity contribution in [2.24, 2.45) is 112 Å². The Morgan fingerprint density at radius 2 is 0.917 bits per heavy atom. The average molecular weight is 825 g/mol. The highest BCUT2D eigenvalue weighted by Crippen LogP contribution is 2.65. The molecule has 15 atom stereocenters. The molecule has 0 radical (unpaired) electrons. The summed E-state index contributed by atoms with van der Waals surface area (Å²) < 4.78 is 0. The normalized spacial score (nSPS) is 45.6. The van der Waals surface area contributed by atoms with Crippen molar-refractivity contribution in [1.82, 2.24) is 0 Å². The minimum absolute atomic E-state index is 0.956. The van der Waals surface area contributed by atoms with Gasteiger partial charge in [0, 0.05) is 0 Å². The number of rotatable bonds is 10. The highest BCUT2D eigenvalue weighted by atomic mass is 14.6. The highest BCUT2D eigenvalue weighted by molar-refractivity contribution is 5.07. The first-order chi connectivity index (χ1) is 29.5. The molecule has 0 aromatic heterocycles. The van der Waals surface area contributed by atoms with Gasteiger partial charge in [-0.1, -0.05) is 188 Å². The van der Waals surface area contributed by atoms with Crippen molar-refractivity contribution >= 4 is 0 Å². The van der Waals surface area contributed by atoms with Crippen molar-refractivity contribution in [3.05, 3.63) is 12.2 Å². The third kappa shape index (κ3) is 10.7. The van der Waals surface area contributed by atoms with Crippen LogP contribution in [0.15, 0.2) is 12.2 Å². The van der Waals surface area contributed by atoms with E-state index in [-0.39, 0.29) is 0 Å². The minimum Gasteiger partial charge on any atom is -0.0885 e. The molecule has 0 aliphatic heterocycles. The van der Waals surface area contributed by atoms with Crippen molar-refractivity contribution in [2.75, 3.05) is 0 Å². The number of fused-ring (bicyclic) bond motifs is 3. The summed E-state index contributed by atoms with van der Waals surface area (Å²) >= 11 is 0. The maximum atomic E-state index is 2.77. The van der Waals surface area contributed by atoms with Gasteiger partial charge < -0.3 is 0 Å². The quantitative estimate of drug-likeness (QED) is 0.193. The van der Waals surface area contributed by atoms with Gasteiger partial charge >= 0.3 is 0 Å². The van der Waals surface area contributed by atoms with Crippen molar-refractivity contribution in [1.29, 1.82) is 0 Å². The lowest BCUT2D eigenvalue weighted by Gasteiger charge is -2.61. The monoisotopic (exact) mass is 825 g/mol. The summed E-state index contributed by atoms with van der Waals surface area (Å²) in [7, 11) is 0. The Morgan fingerprint density at radius 3 is 1.55 bits per heavy atom. The fraction of sp³-hybridized carbons (Fsp3) is 0.967. The number of hydrogen-bond acceptors (Lipinski definition) is 0. The zero-order valence-electron chi connectivity index (χ0n) is 41.2. The van der Waals surface area contributed by atoms with E-state index in [1.54, 1.807) is 109 Å². The van der Waals surface area contributed by atoms with Gasteiger partial charge in [0.25, 0.3) is 0 Å². The van der Waals surface area contributed by atoms with Gasteiger partial charge in [-0.2, -0.15) is 0 Å². The predicted molar refractivity (Wildman–Crippen MR) is 261 cm³/mol. The lowest BCUT2D eigenvalue weighted by atomic mass is 9.43. The van der Waals surface area contributed by atoms with E-state index in [1.165, 1.54) is 109 Å². The van der Waals surface area contributed by atoms with Gasteiger partial charge in [-0.25, -0.2) is 0 Å². The van der Waals surface area contributed by atoms with Crippen molar-refractivity contribution in [3.8, 4) is 0 Å². The van der Waals surface area contributed by atoms with Gasteiger partial charge in [0.15, 0.2) is 0 Å². The standard InChI is InChI=1S/C51H86.C9H18/c1-5-6-25-42-35(3)36(4)47-32-40(28-30-45(47)49(42)37-19-9-7-10-20-37)41-29-31-46-48(33-41)51(39-23-15-17-34(2)18-16-24-39)44-27-14-13-26-43(44)50(46)38-21-11-8-12-22-38;1-2-3-6-9-7-4-5-8-9/h8,11,34-51H,5-7,9-10,12-33H2,1-4H3;9H,2-8H2,1H3. The molecule has 0 aromatic rings. The molecule has 0 aromatic carbocycles. The fourth-order valence-electron chi connectivity index (χ4n) is 19.2. The Kier molecular flexibility index (Phi) is 17.6. The minimum atomic E-state index is 0.956. The van der Waals surface area contributed by atoms with Crippen LogP contribution in [-0.2, 0) is 0 Å². The van der Waals surface area contributed by atoms with E-state index in [4.69, 9.17) is 0 Å². The Labute approximate surface area is 376 Å². The number of hydrogen-bond donors (Lipinski definition) is 0. The van der Waals surface area contributed by atoms with Gasteiger partial charge in [-0.15, -0.1) is 0 Å². The second kappa shape index (κ2) is 22.8. The SMILES string of the molecule is CCCCC1C(C)C(C)C2CC(C3CCC4C(C3)C(C3CCCC(C)CCC3)C3CCCCC3C4C3CC=CCC3)CCC2C1C1CCCCC1.CCCCC1CCCC1. The maximum absolute atomic E-state index is 2.77. The van der Waals surface area contributed by atoms with E-state index in [2.05, 4.69) is 46.8 Å². The van der Waals surface area contributed by atoms with Crippen LogP contribution in [0, 0.1) is 112 Å². The molecule has 0 nitrogen and oxygen atoms in total. The molecule has 0 N–H and O–H groups in total.